The lowest BCUT2D eigenvalue weighted by Gasteiger charge is -2.25. The SMILES string of the molecule is Cn1c(=O)n(N2C(=O)CCCC2=O)c2cccc(C#CCO[C@H]3CCNC[C@@H]3F)c21. The predicted octanol–water partition coefficient (Wildman–Crippen LogP) is 0.583. The summed E-state index contributed by atoms with van der Waals surface area (Å²) in [6.45, 7) is 1.06. The van der Waals surface area contributed by atoms with Crippen LogP contribution in [0.1, 0.15) is 31.2 Å². The van der Waals surface area contributed by atoms with Gasteiger partial charge in [0.2, 0.25) is 11.8 Å². The molecule has 30 heavy (non-hydrogen) atoms. The first-order chi connectivity index (χ1) is 14.5. The zero-order valence-electron chi connectivity index (χ0n) is 16.7. The van der Waals surface area contributed by atoms with Crippen LogP contribution in [0.4, 0.5) is 4.39 Å². The van der Waals surface area contributed by atoms with Gasteiger partial charge in [0.05, 0.1) is 22.7 Å². The summed E-state index contributed by atoms with van der Waals surface area (Å²) in [4.78, 5) is 37.5. The second-order valence-electron chi connectivity index (χ2n) is 7.44. The maximum absolute atomic E-state index is 13.8. The number of aromatic nitrogens is 2. The van der Waals surface area contributed by atoms with Crippen LogP contribution in [-0.2, 0) is 21.4 Å². The smallest absolute Gasteiger partial charge is 0.348 e. The van der Waals surface area contributed by atoms with Crippen molar-refractivity contribution < 1.29 is 18.7 Å². The maximum atomic E-state index is 13.8. The Hall–Kier alpha value is -2.96. The molecule has 2 aliphatic rings. The number of benzene rings is 1. The van der Waals surface area contributed by atoms with Gasteiger partial charge in [-0.1, -0.05) is 17.9 Å². The first-order valence-corrected chi connectivity index (χ1v) is 10.0. The molecule has 0 radical (unpaired) electrons. The van der Waals surface area contributed by atoms with Gasteiger partial charge in [-0.3, -0.25) is 14.2 Å². The number of piperidine rings is 2. The average Bonchev–Trinajstić information content (AvgIpc) is 2.98. The Kier molecular flexibility index (Phi) is 5.70. The molecule has 158 valence electrons. The van der Waals surface area contributed by atoms with E-state index in [9.17, 15) is 18.8 Å². The molecular formula is C21H23FN4O4. The molecule has 8 nitrogen and oxygen atoms in total. The highest BCUT2D eigenvalue weighted by Gasteiger charge is 2.31. The largest absolute Gasteiger partial charge is 0.362 e. The minimum absolute atomic E-state index is 0.0687. The molecule has 2 atom stereocenters. The Bertz CT molecular complexity index is 1090. The number of carbonyl (C=O) groups excluding carboxylic acids is 2. The summed E-state index contributed by atoms with van der Waals surface area (Å²) in [5.74, 6) is 5.07. The fourth-order valence-electron chi connectivity index (χ4n) is 3.92. The number of nitrogens with one attached hydrogen (secondary N) is 1. The van der Waals surface area contributed by atoms with Gasteiger partial charge in [0, 0.05) is 26.4 Å². The van der Waals surface area contributed by atoms with E-state index in [2.05, 4.69) is 17.2 Å². The summed E-state index contributed by atoms with van der Waals surface area (Å²) in [7, 11) is 1.57. The Morgan fingerprint density at radius 1 is 1.23 bits per heavy atom. The fourth-order valence-corrected chi connectivity index (χ4v) is 3.92. The van der Waals surface area contributed by atoms with Gasteiger partial charge in [0.15, 0.2) is 0 Å². The Balaban J connectivity index is 1.64. The molecule has 0 bridgehead atoms. The zero-order chi connectivity index (χ0) is 21.3. The zero-order valence-corrected chi connectivity index (χ0v) is 16.7. The number of fused-ring (bicyclic) bond motifs is 1. The lowest BCUT2D eigenvalue weighted by Crippen LogP contribution is -2.52. The summed E-state index contributed by atoms with van der Waals surface area (Å²) in [5, 5.41) is 3.91. The predicted molar refractivity (Wildman–Crippen MR) is 108 cm³/mol. The maximum Gasteiger partial charge on any atom is 0.348 e. The molecule has 9 heteroatoms. The van der Waals surface area contributed by atoms with Gasteiger partial charge in [0.1, 0.15) is 12.8 Å². The van der Waals surface area contributed by atoms with Gasteiger partial charge in [0.25, 0.3) is 0 Å². The summed E-state index contributed by atoms with van der Waals surface area (Å²) in [6.07, 6.45) is -0.0131. The van der Waals surface area contributed by atoms with E-state index in [1.807, 2.05) is 0 Å². The molecule has 1 aromatic carbocycles. The molecule has 4 rings (SSSR count). The molecule has 2 fully saturated rings. The van der Waals surface area contributed by atoms with Gasteiger partial charge in [-0.15, -0.1) is 0 Å². The molecular weight excluding hydrogens is 391 g/mol. The normalized spacial score (nSPS) is 22.3. The molecule has 2 aliphatic heterocycles. The standard InChI is InChI=1S/C21H23FN4O4/c1-24-20-14(6-4-12-30-17-10-11-23-13-15(17)22)5-2-7-16(20)25(21(24)29)26-18(27)8-3-9-19(26)28/h2,5,7,15,17,23H,3,8-13H2,1H3/t15-,17-/m0/s1. The number of alkyl halides is 1. The highest BCUT2D eigenvalue weighted by Crippen LogP contribution is 2.20. The molecule has 0 unspecified atom stereocenters. The number of carbonyl (C=O) groups is 2. The lowest BCUT2D eigenvalue weighted by molar-refractivity contribution is -0.131. The molecule has 2 amide bonds. The van der Waals surface area contributed by atoms with E-state index in [0.29, 0.717) is 36.0 Å². The third-order valence-electron chi connectivity index (χ3n) is 5.44. The summed E-state index contributed by atoms with van der Waals surface area (Å²) in [6, 6.07) is 5.14. The van der Waals surface area contributed by atoms with Crippen LogP contribution in [0.3, 0.4) is 0 Å². The van der Waals surface area contributed by atoms with Crippen LogP contribution in [-0.4, -0.2) is 53.0 Å². The average molecular weight is 414 g/mol. The molecule has 2 aromatic rings. The van der Waals surface area contributed by atoms with Crippen LogP contribution < -0.4 is 16.0 Å². The summed E-state index contributed by atoms with van der Waals surface area (Å²) in [5.41, 5.74) is 1.02. The van der Waals surface area contributed by atoms with Gasteiger partial charge in [-0.25, -0.2) is 9.18 Å². The van der Waals surface area contributed by atoms with Crippen molar-refractivity contribution in [1.29, 1.82) is 0 Å². The van der Waals surface area contributed by atoms with Gasteiger partial charge >= 0.3 is 5.69 Å². The van der Waals surface area contributed by atoms with E-state index in [-0.39, 0.29) is 26.0 Å². The molecule has 0 spiro atoms. The van der Waals surface area contributed by atoms with Gasteiger partial charge in [-0.05, 0) is 31.5 Å². The molecule has 3 heterocycles. The second kappa shape index (κ2) is 8.42. The number of halogens is 1. The molecule has 1 aromatic heterocycles. The summed E-state index contributed by atoms with van der Waals surface area (Å²) < 4.78 is 21.9. The van der Waals surface area contributed by atoms with Crippen LogP contribution in [0.2, 0.25) is 0 Å². The highest BCUT2D eigenvalue weighted by molar-refractivity contribution is 6.11. The minimum Gasteiger partial charge on any atom is -0.362 e. The van der Waals surface area contributed by atoms with E-state index in [1.165, 1.54) is 4.57 Å². The Morgan fingerprint density at radius 2 is 2.00 bits per heavy atom. The Morgan fingerprint density at radius 3 is 2.73 bits per heavy atom. The van der Waals surface area contributed by atoms with E-state index < -0.39 is 29.8 Å². The van der Waals surface area contributed by atoms with Crippen molar-refractivity contribution in [2.75, 3.05) is 24.7 Å². The van der Waals surface area contributed by atoms with Crippen LogP contribution in [0.15, 0.2) is 23.0 Å². The van der Waals surface area contributed by atoms with Crippen molar-refractivity contribution in [2.24, 2.45) is 7.05 Å². The number of imidazole rings is 1. The van der Waals surface area contributed by atoms with Gasteiger partial charge in [-0.2, -0.15) is 9.69 Å². The number of hydrogen-bond donors (Lipinski definition) is 1. The van der Waals surface area contributed by atoms with E-state index in [0.717, 1.165) is 9.69 Å². The first-order valence-electron chi connectivity index (χ1n) is 10.0. The number of nitrogens with zero attached hydrogens (tertiary/aromatic N) is 3. The number of ether oxygens (including phenoxy) is 1. The fraction of sp³-hybridized carbons (Fsp3) is 0.476. The van der Waals surface area contributed by atoms with Crippen molar-refractivity contribution >= 4 is 22.8 Å². The van der Waals surface area contributed by atoms with E-state index in [1.54, 1.807) is 25.2 Å². The molecule has 2 saturated heterocycles. The number of amides is 2. The van der Waals surface area contributed by atoms with Gasteiger partial charge < -0.3 is 10.1 Å². The van der Waals surface area contributed by atoms with Crippen LogP contribution >= 0.6 is 0 Å². The number of rotatable bonds is 3. The van der Waals surface area contributed by atoms with Crippen molar-refractivity contribution in [3.63, 3.8) is 0 Å². The third kappa shape index (κ3) is 3.64. The van der Waals surface area contributed by atoms with Crippen molar-refractivity contribution in [1.82, 2.24) is 14.6 Å². The monoisotopic (exact) mass is 414 g/mol. The van der Waals surface area contributed by atoms with Crippen LogP contribution in [0.25, 0.3) is 11.0 Å². The van der Waals surface area contributed by atoms with Crippen LogP contribution in [0.5, 0.6) is 0 Å². The topological polar surface area (TPSA) is 85.6 Å². The minimum atomic E-state index is -1.06. The quantitative estimate of drug-likeness (QED) is 0.587. The number of aryl methyl sites for hydroxylation is 1. The number of para-hydroxylation sites is 1. The number of imide groups is 1. The summed E-state index contributed by atoms with van der Waals surface area (Å²) >= 11 is 0. The molecule has 0 saturated carbocycles. The molecule has 1 N–H and O–H groups in total. The molecule has 0 aliphatic carbocycles. The Labute approximate surface area is 172 Å². The first kappa shape index (κ1) is 20.3. The van der Waals surface area contributed by atoms with Crippen LogP contribution in [0, 0.1) is 11.8 Å². The van der Waals surface area contributed by atoms with Crippen molar-refractivity contribution in [2.45, 2.75) is 38.0 Å². The van der Waals surface area contributed by atoms with Crippen molar-refractivity contribution in [3.05, 3.63) is 34.2 Å². The van der Waals surface area contributed by atoms with Crippen molar-refractivity contribution in [3.8, 4) is 11.8 Å². The lowest BCUT2D eigenvalue weighted by atomic mass is 10.1. The van der Waals surface area contributed by atoms with E-state index >= 15 is 0 Å². The van der Waals surface area contributed by atoms with E-state index in [4.69, 9.17) is 4.74 Å². The third-order valence-corrected chi connectivity index (χ3v) is 5.44. The highest BCUT2D eigenvalue weighted by atomic mass is 19.1. The second-order valence-corrected chi connectivity index (χ2v) is 7.44. The number of hydrogen-bond acceptors (Lipinski definition) is 5.